The first kappa shape index (κ1) is 15.2. The minimum Gasteiger partial charge on any atom is -0.481 e. The summed E-state index contributed by atoms with van der Waals surface area (Å²) in [5, 5.41) is 10.9. The summed E-state index contributed by atoms with van der Waals surface area (Å²) < 4.78 is 4.90. The van der Waals surface area contributed by atoms with Gasteiger partial charge in [-0.25, -0.2) is 4.79 Å². The highest BCUT2D eigenvalue weighted by molar-refractivity contribution is 5.85. The fourth-order valence-corrected chi connectivity index (χ4v) is 1.71. The standard InChI is InChI=1S/C11H19N3O5/c1-19-7-6-13-4-5-14(8-9(13)15)11(18)12-3-2-10(16)17/h2-8H2,1H3,(H,12,18)(H,16,17). The Balaban J connectivity index is 2.32. The van der Waals surface area contributed by atoms with Crippen molar-refractivity contribution >= 4 is 17.9 Å². The van der Waals surface area contributed by atoms with E-state index in [2.05, 4.69) is 5.32 Å². The molecular formula is C11H19N3O5. The van der Waals surface area contributed by atoms with E-state index >= 15 is 0 Å². The van der Waals surface area contributed by atoms with Crippen molar-refractivity contribution in [2.45, 2.75) is 6.42 Å². The van der Waals surface area contributed by atoms with E-state index in [1.165, 1.54) is 4.90 Å². The van der Waals surface area contributed by atoms with Gasteiger partial charge in [0.1, 0.15) is 6.54 Å². The second-order valence-corrected chi connectivity index (χ2v) is 4.17. The molecule has 0 aromatic heterocycles. The Kier molecular flexibility index (Phi) is 6.07. The Labute approximate surface area is 111 Å². The number of amides is 3. The number of carbonyl (C=O) groups excluding carboxylic acids is 2. The topological polar surface area (TPSA) is 99.2 Å². The zero-order valence-electron chi connectivity index (χ0n) is 10.9. The van der Waals surface area contributed by atoms with Crippen LogP contribution in [-0.4, -0.2) is 79.3 Å². The molecule has 0 radical (unpaired) electrons. The minimum atomic E-state index is -0.972. The third kappa shape index (κ3) is 5.12. The van der Waals surface area contributed by atoms with E-state index in [9.17, 15) is 14.4 Å². The zero-order valence-corrected chi connectivity index (χ0v) is 10.9. The number of hydrogen-bond donors (Lipinski definition) is 2. The van der Waals surface area contributed by atoms with Crippen molar-refractivity contribution in [3.05, 3.63) is 0 Å². The Morgan fingerprint density at radius 3 is 2.74 bits per heavy atom. The molecule has 0 atom stereocenters. The molecule has 0 aliphatic carbocycles. The Morgan fingerprint density at radius 1 is 1.42 bits per heavy atom. The number of methoxy groups -OCH3 is 1. The lowest BCUT2D eigenvalue weighted by Crippen LogP contribution is -2.55. The first-order valence-corrected chi connectivity index (χ1v) is 6.06. The highest BCUT2D eigenvalue weighted by Gasteiger charge is 2.26. The minimum absolute atomic E-state index is 0.0165. The maximum atomic E-state index is 11.8. The third-order valence-corrected chi connectivity index (χ3v) is 2.79. The van der Waals surface area contributed by atoms with Crippen LogP contribution in [0.4, 0.5) is 4.79 Å². The summed E-state index contributed by atoms with van der Waals surface area (Å²) in [5.74, 6) is -1.10. The average molecular weight is 273 g/mol. The number of nitrogens with zero attached hydrogens (tertiary/aromatic N) is 2. The number of piperazine rings is 1. The van der Waals surface area contributed by atoms with Crippen molar-refractivity contribution in [2.24, 2.45) is 0 Å². The van der Waals surface area contributed by atoms with E-state index in [-0.39, 0.29) is 25.4 Å². The highest BCUT2D eigenvalue weighted by atomic mass is 16.5. The molecule has 0 unspecified atom stereocenters. The first-order valence-electron chi connectivity index (χ1n) is 6.06. The van der Waals surface area contributed by atoms with Gasteiger partial charge in [0.15, 0.2) is 0 Å². The van der Waals surface area contributed by atoms with Gasteiger partial charge in [0.2, 0.25) is 5.91 Å². The van der Waals surface area contributed by atoms with Crippen LogP contribution in [0.5, 0.6) is 0 Å². The van der Waals surface area contributed by atoms with Crippen LogP contribution in [0.25, 0.3) is 0 Å². The fourth-order valence-electron chi connectivity index (χ4n) is 1.71. The number of hydrogen-bond acceptors (Lipinski definition) is 4. The molecule has 1 aliphatic rings. The molecule has 1 heterocycles. The van der Waals surface area contributed by atoms with Gasteiger partial charge in [-0.3, -0.25) is 9.59 Å². The number of carboxylic acid groups (broad SMARTS) is 1. The molecular weight excluding hydrogens is 254 g/mol. The van der Waals surface area contributed by atoms with Gasteiger partial charge in [0.25, 0.3) is 0 Å². The number of urea groups is 1. The Bertz CT molecular complexity index is 347. The number of ether oxygens (including phenoxy) is 1. The van der Waals surface area contributed by atoms with Gasteiger partial charge < -0.3 is 25.0 Å². The van der Waals surface area contributed by atoms with Crippen LogP contribution < -0.4 is 5.32 Å². The molecule has 8 nitrogen and oxygen atoms in total. The number of carboxylic acids is 1. The molecule has 19 heavy (non-hydrogen) atoms. The molecule has 108 valence electrons. The van der Waals surface area contributed by atoms with Crippen LogP contribution in [-0.2, 0) is 14.3 Å². The highest BCUT2D eigenvalue weighted by Crippen LogP contribution is 2.03. The summed E-state index contributed by atoms with van der Waals surface area (Å²) in [7, 11) is 1.57. The molecule has 0 aromatic carbocycles. The molecule has 1 fully saturated rings. The van der Waals surface area contributed by atoms with Gasteiger partial charge in [0, 0.05) is 33.3 Å². The zero-order chi connectivity index (χ0) is 14.3. The van der Waals surface area contributed by atoms with Crippen LogP contribution in [0, 0.1) is 0 Å². The Morgan fingerprint density at radius 2 is 2.16 bits per heavy atom. The number of rotatable bonds is 6. The Hall–Kier alpha value is -1.83. The van der Waals surface area contributed by atoms with E-state index in [0.29, 0.717) is 26.2 Å². The molecule has 0 saturated carbocycles. The fraction of sp³-hybridized carbons (Fsp3) is 0.727. The van der Waals surface area contributed by atoms with Crippen molar-refractivity contribution < 1.29 is 24.2 Å². The summed E-state index contributed by atoms with van der Waals surface area (Å²) in [6.45, 7) is 1.97. The van der Waals surface area contributed by atoms with Gasteiger partial charge in [-0.1, -0.05) is 0 Å². The quantitative estimate of drug-likeness (QED) is 0.644. The molecule has 1 aliphatic heterocycles. The van der Waals surface area contributed by atoms with E-state index in [1.54, 1.807) is 12.0 Å². The van der Waals surface area contributed by atoms with Crippen LogP contribution in [0.2, 0.25) is 0 Å². The second-order valence-electron chi connectivity index (χ2n) is 4.17. The molecule has 1 saturated heterocycles. The van der Waals surface area contributed by atoms with E-state index in [1.807, 2.05) is 0 Å². The normalized spacial score (nSPS) is 15.5. The van der Waals surface area contributed by atoms with Crippen LogP contribution in [0.15, 0.2) is 0 Å². The molecule has 0 bridgehead atoms. The summed E-state index contributed by atoms with van der Waals surface area (Å²) in [4.78, 5) is 36.8. The summed E-state index contributed by atoms with van der Waals surface area (Å²) in [5.41, 5.74) is 0. The molecule has 0 spiro atoms. The molecule has 0 aromatic rings. The monoisotopic (exact) mass is 273 g/mol. The number of nitrogens with one attached hydrogen (secondary N) is 1. The van der Waals surface area contributed by atoms with E-state index in [4.69, 9.17) is 9.84 Å². The van der Waals surface area contributed by atoms with E-state index < -0.39 is 12.0 Å². The second kappa shape index (κ2) is 7.57. The summed E-state index contributed by atoms with van der Waals surface area (Å²) in [6.07, 6.45) is -0.131. The molecule has 1 rings (SSSR count). The first-order chi connectivity index (χ1) is 9.04. The van der Waals surface area contributed by atoms with Gasteiger partial charge in [0.05, 0.1) is 13.0 Å². The maximum absolute atomic E-state index is 11.8. The maximum Gasteiger partial charge on any atom is 0.317 e. The van der Waals surface area contributed by atoms with Crippen molar-refractivity contribution in [3.63, 3.8) is 0 Å². The van der Waals surface area contributed by atoms with Crippen LogP contribution in [0.1, 0.15) is 6.42 Å². The lowest BCUT2D eigenvalue weighted by molar-refractivity contribution is -0.137. The van der Waals surface area contributed by atoms with Crippen LogP contribution in [0.3, 0.4) is 0 Å². The van der Waals surface area contributed by atoms with Gasteiger partial charge in [-0.15, -0.1) is 0 Å². The molecule has 2 N–H and O–H groups in total. The number of aliphatic carboxylic acids is 1. The largest absolute Gasteiger partial charge is 0.481 e. The van der Waals surface area contributed by atoms with Gasteiger partial charge >= 0.3 is 12.0 Å². The lowest BCUT2D eigenvalue weighted by Gasteiger charge is -2.34. The lowest BCUT2D eigenvalue weighted by atomic mass is 10.3. The predicted octanol–water partition coefficient (Wildman–Crippen LogP) is -1.04. The third-order valence-electron chi connectivity index (χ3n) is 2.79. The van der Waals surface area contributed by atoms with Crippen LogP contribution >= 0.6 is 0 Å². The van der Waals surface area contributed by atoms with Gasteiger partial charge in [-0.05, 0) is 0 Å². The van der Waals surface area contributed by atoms with Gasteiger partial charge in [-0.2, -0.15) is 0 Å². The van der Waals surface area contributed by atoms with Crippen molar-refractivity contribution in [1.29, 1.82) is 0 Å². The molecule has 8 heteroatoms. The smallest absolute Gasteiger partial charge is 0.317 e. The van der Waals surface area contributed by atoms with Crippen molar-refractivity contribution in [2.75, 3.05) is 46.4 Å². The van der Waals surface area contributed by atoms with Crippen molar-refractivity contribution in [3.8, 4) is 0 Å². The van der Waals surface area contributed by atoms with Crippen molar-refractivity contribution in [1.82, 2.24) is 15.1 Å². The van der Waals surface area contributed by atoms with E-state index in [0.717, 1.165) is 0 Å². The SMILES string of the molecule is COCCN1CCN(C(=O)NCCC(=O)O)CC1=O. The summed E-state index contributed by atoms with van der Waals surface area (Å²) in [6, 6.07) is -0.402. The molecule has 3 amide bonds. The predicted molar refractivity (Wildman–Crippen MR) is 65.7 cm³/mol. The number of carbonyl (C=O) groups is 3. The average Bonchev–Trinajstić information content (AvgIpc) is 2.36. The summed E-state index contributed by atoms with van der Waals surface area (Å²) >= 11 is 0.